The molecule has 2 heterocycles. The molecule has 0 bridgehead atoms. The Labute approximate surface area is 86.5 Å². The van der Waals surface area contributed by atoms with Gasteiger partial charge in [-0.05, 0) is 12.5 Å². The van der Waals surface area contributed by atoms with E-state index in [-0.39, 0.29) is 5.78 Å². The first-order chi connectivity index (χ1) is 7.11. The lowest BCUT2D eigenvalue weighted by molar-refractivity contribution is 0.103. The van der Waals surface area contributed by atoms with Gasteiger partial charge in [0, 0.05) is 7.05 Å². The topological polar surface area (TPSA) is 74.0 Å². The van der Waals surface area contributed by atoms with Gasteiger partial charge in [0.05, 0.1) is 23.6 Å². The zero-order valence-corrected chi connectivity index (χ0v) is 8.52. The molecule has 78 valence electrons. The van der Waals surface area contributed by atoms with Crippen LogP contribution in [0.3, 0.4) is 0 Å². The van der Waals surface area contributed by atoms with Gasteiger partial charge in [-0.25, -0.2) is 0 Å². The van der Waals surface area contributed by atoms with Crippen LogP contribution in [0, 0.1) is 6.92 Å². The van der Waals surface area contributed by atoms with Crippen LogP contribution in [0.25, 0.3) is 0 Å². The molecular formula is C10H11N3O2. The van der Waals surface area contributed by atoms with Crippen molar-refractivity contribution in [3.63, 3.8) is 0 Å². The van der Waals surface area contributed by atoms with E-state index < -0.39 is 0 Å². The molecule has 0 fully saturated rings. The van der Waals surface area contributed by atoms with E-state index in [2.05, 4.69) is 5.10 Å². The maximum Gasteiger partial charge on any atom is 0.201 e. The number of hydrogen-bond donors (Lipinski definition) is 1. The third kappa shape index (κ3) is 1.41. The Morgan fingerprint density at radius 2 is 2.20 bits per heavy atom. The van der Waals surface area contributed by atoms with Crippen molar-refractivity contribution in [1.82, 2.24) is 9.78 Å². The summed E-state index contributed by atoms with van der Waals surface area (Å²) in [7, 11) is 1.69. The molecule has 2 N–H and O–H groups in total. The third-order valence-electron chi connectivity index (χ3n) is 2.33. The Bertz CT molecular complexity index is 510. The Morgan fingerprint density at radius 3 is 2.67 bits per heavy atom. The summed E-state index contributed by atoms with van der Waals surface area (Å²) in [6, 6.07) is 0. The standard InChI is InChI=1S/C10H11N3O2/c1-6-4-15-5-8(6)9(14)7-3-12-13(2)10(7)11/h3-5H,11H2,1-2H3. The highest BCUT2D eigenvalue weighted by Gasteiger charge is 2.18. The van der Waals surface area contributed by atoms with Crippen molar-refractivity contribution >= 4 is 11.6 Å². The minimum Gasteiger partial charge on any atom is -0.472 e. The van der Waals surface area contributed by atoms with Crippen LogP contribution in [0.4, 0.5) is 5.82 Å². The van der Waals surface area contributed by atoms with Crippen molar-refractivity contribution in [2.45, 2.75) is 6.92 Å². The average Bonchev–Trinajstić information content (AvgIpc) is 2.75. The number of nitrogens with zero attached hydrogens (tertiary/aromatic N) is 2. The van der Waals surface area contributed by atoms with Crippen LogP contribution in [-0.4, -0.2) is 15.6 Å². The molecule has 0 saturated heterocycles. The largest absolute Gasteiger partial charge is 0.472 e. The fraction of sp³-hybridized carbons (Fsp3) is 0.200. The van der Waals surface area contributed by atoms with Gasteiger partial charge in [0.25, 0.3) is 0 Å². The molecule has 0 spiro atoms. The second-order valence-electron chi connectivity index (χ2n) is 3.36. The number of anilines is 1. The molecule has 0 saturated carbocycles. The fourth-order valence-electron chi connectivity index (χ4n) is 1.36. The summed E-state index contributed by atoms with van der Waals surface area (Å²) in [5.41, 5.74) is 7.43. The van der Waals surface area contributed by atoms with Crippen molar-refractivity contribution in [3.8, 4) is 0 Å². The lowest BCUT2D eigenvalue weighted by atomic mass is 10.1. The molecule has 5 heteroatoms. The molecule has 0 atom stereocenters. The lowest BCUT2D eigenvalue weighted by Crippen LogP contribution is -2.06. The van der Waals surface area contributed by atoms with E-state index in [1.54, 1.807) is 7.05 Å². The Balaban J connectivity index is 2.46. The number of ketones is 1. The number of aromatic nitrogens is 2. The van der Waals surface area contributed by atoms with Gasteiger partial charge in [0.2, 0.25) is 5.78 Å². The van der Waals surface area contributed by atoms with Crippen LogP contribution >= 0.6 is 0 Å². The molecule has 2 rings (SSSR count). The Kier molecular flexibility index (Phi) is 2.07. The number of nitrogens with two attached hydrogens (primary N) is 1. The van der Waals surface area contributed by atoms with Crippen molar-refractivity contribution in [3.05, 3.63) is 35.4 Å². The SMILES string of the molecule is Cc1cocc1C(=O)c1cnn(C)c1N. The second kappa shape index (κ2) is 3.27. The van der Waals surface area contributed by atoms with Gasteiger partial charge in [0.1, 0.15) is 12.1 Å². The molecule has 0 aliphatic rings. The van der Waals surface area contributed by atoms with E-state index in [0.29, 0.717) is 16.9 Å². The van der Waals surface area contributed by atoms with Gasteiger partial charge in [-0.15, -0.1) is 0 Å². The maximum absolute atomic E-state index is 12.0. The highest BCUT2D eigenvalue weighted by molar-refractivity contribution is 6.12. The summed E-state index contributed by atoms with van der Waals surface area (Å²) in [6.07, 6.45) is 4.41. The summed E-state index contributed by atoms with van der Waals surface area (Å²) < 4.78 is 6.41. The monoisotopic (exact) mass is 205 g/mol. The number of carbonyl (C=O) groups is 1. The van der Waals surface area contributed by atoms with Crippen molar-refractivity contribution < 1.29 is 9.21 Å². The minimum absolute atomic E-state index is 0.160. The van der Waals surface area contributed by atoms with E-state index in [0.717, 1.165) is 5.56 Å². The van der Waals surface area contributed by atoms with Crippen molar-refractivity contribution in [1.29, 1.82) is 0 Å². The molecule has 2 aromatic heterocycles. The average molecular weight is 205 g/mol. The minimum atomic E-state index is -0.160. The second-order valence-corrected chi connectivity index (χ2v) is 3.36. The smallest absolute Gasteiger partial charge is 0.201 e. The van der Waals surface area contributed by atoms with Gasteiger partial charge in [-0.2, -0.15) is 5.10 Å². The highest BCUT2D eigenvalue weighted by atomic mass is 16.3. The van der Waals surface area contributed by atoms with Crippen LogP contribution in [-0.2, 0) is 7.05 Å². The predicted octanol–water partition coefficient (Wildman–Crippen LogP) is 1.13. The molecule has 15 heavy (non-hydrogen) atoms. The van der Waals surface area contributed by atoms with Crippen LogP contribution in [0.1, 0.15) is 21.5 Å². The summed E-state index contributed by atoms with van der Waals surface area (Å²) in [5.74, 6) is 0.201. The van der Waals surface area contributed by atoms with Gasteiger partial charge >= 0.3 is 0 Å². The summed E-state index contributed by atoms with van der Waals surface area (Å²) in [5, 5.41) is 3.92. The first-order valence-corrected chi connectivity index (χ1v) is 4.46. The molecule has 0 radical (unpaired) electrons. The van der Waals surface area contributed by atoms with E-state index in [1.165, 1.54) is 23.4 Å². The molecule has 0 aliphatic heterocycles. The molecule has 0 aliphatic carbocycles. The Hall–Kier alpha value is -2.04. The van der Waals surface area contributed by atoms with E-state index in [4.69, 9.17) is 10.2 Å². The van der Waals surface area contributed by atoms with Crippen molar-refractivity contribution in [2.75, 3.05) is 5.73 Å². The number of furan rings is 1. The number of rotatable bonds is 2. The number of hydrogen-bond acceptors (Lipinski definition) is 4. The molecule has 2 aromatic rings. The predicted molar refractivity (Wildman–Crippen MR) is 54.5 cm³/mol. The van der Waals surface area contributed by atoms with Crippen LogP contribution in [0.5, 0.6) is 0 Å². The molecule has 0 unspecified atom stereocenters. The van der Waals surface area contributed by atoms with Gasteiger partial charge in [-0.1, -0.05) is 0 Å². The molecule has 5 nitrogen and oxygen atoms in total. The fourth-order valence-corrected chi connectivity index (χ4v) is 1.36. The highest BCUT2D eigenvalue weighted by Crippen LogP contribution is 2.18. The van der Waals surface area contributed by atoms with Crippen LogP contribution in [0.2, 0.25) is 0 Å². The van der Waals surface area contributed by atoms with Crippen molar-refractivity contribution in [2.24, 2.45) is 7.05 Å². The summed E-state index contributed by atoms with van der Waals surface area (Å²) in [6.45, 7) is 1.81. The first kappa shape index (κ1) is 9.51. The normalized spacial score (nSPS) is 10.5. The van der Waals surface area contributed by atoms with E-state index >= 15 is 0 Å². The third-order valence-corrected chi connectivity index (χ3v) is 2.33. The summed E-state index contributed by atoms with van der Waals surface area (Å²) >= 11 is 0. The Morgan fingerprint density at radius 1 is 1.47 bits per heavy atom. The number of carbonyl (C=O) groups excluding carboxylic acids is 1. The quantitative estimate of drug-likeness (QED) is 0.746. The van der Waals surface area contributed by atoms with Gasteiger partial charge in [-0.3, -0.25) is 9.48 Å². The number of nitrogen functional groups attached to an aromatic ring is 1. The van der Waals surface area contributed by atoms with Gasteiger partial charge < -0.3 is 10.2 Å². The lowest BCUT2D eigenvalue weighted by Gasteiger charge is -1.98. The van der Waals surface area contributed by atoms with E-state index in [9.17, 15) is 4.79 Å². The van der Waals surface area contributed by atoms with Crippen LogP contribution in [0.15, 0.2) is 23.1 Å². The number of aryl methyl sites for hydroxylation is 2. The maximum atomic E-state index is 12.0. The zero-order valence-electron chi connectivity index (χ0n) is 8.52. The van der Waals surface area contributed by atoms with E-state index in [1.807, 2.05) is 6.92 Å². The first-order valence-electron chi connectivity index (χ1n) is 4.46. The molecule has 0 amide bonds. The van der Waals surface area contributed by atoms with Crippen LogP contribution < -0.4 is 5.73 Å². The summed E-state index contributed by atoms with van der Waals surface area (Å²) in [4.78, 5) is 12.0. The molecule has 0 aromatic carbocycles. The molecular weight excluding hydrogens is 194 g/mol. The van der Waals surface area contributed by atoms with Gasteiger partial charge in [0.15, 0.2) is 0 Å². The zero-order chi connectivity index (χ0) is 11.0.